The fraction of sp³-hybridized carbons (Fsp3) is 1.00. The molecule has 0 spiro atoms. The van der Waals surface area contributed by atoms with Gasteiger partial charge < -0.3 is 10.2 Å². The van der Waals surface area contributed by atoms with Crippen LogP contribution in [0.1, 0.15) is 60.3 Å². The lowest BCUT2D eigenvalue weighted by atomic mass is 9.88. The second kappa shape index (κ2) is 6.36. The van der Waals surface area contributed by atoms with Crippen molar-refractivity contribution in [3.8, 4) is 0 Å². The van der Waals surface area contributed by atoms with Gasteiger partial charge in [0, 0.05) is 18.1 Å². The molecule has 1 N–H and O–H groups in total. The number of hydrogen-bond acceptors (Lipinski definition) is 2. The van der Waals surface area contributed by atoms with Crippen LogP contribution in [0.4, 0.5) is 0 Å². The molecule has 2 bridgehead atoms. The Morgan fingerprint density at radius 1 is 1.15 bits per heavy atom. The summed E-state index contributed by atoms with van der Waals surface area (Å²) in [6.07, 6.45) is 6.08. The maximum absolute atomic E-state index is 3.65. The Balaban J connectivity index is 1.75. The van der Waals surface area contributed by atoms with Gasteiger partial charge in [-0.1, -0.05) is 13.3 Å². The van der Waals surface area contributed by atoms with Crippen molar-refractivity contribution in [1.29, 1.82) is 0 Å². The van der Waals surface area contributed by atoms with E-state index in [9.17, 15) is 0 Å². The molecule has 2 aliphatic carbocycles. The average Bonchev–Trinajstić information content (AvgIpc) is 2.96. The quantitative estimate of drug-likeness (QED) is 0.797. The molecule has 20 heavy (non-hydrogen) atoms. The first kappa shape index (κ1) is 16.3. The second-order valence-corrected chi connectivity index (χ2v) is 8.72. The molecule has 0 saturated heterocycles. The van der Waals surface area contributed by atoms with Gasteiger partial charge >= 0.3 is 0 Å². The maximum atomic E-state index is 3.65. The summed E-state index contributed by atoms with van der Waals surface area (Å²) in [5, 5.41) is 3.65. The fourth-order valence-corrected chi connectivity index (χ4v) is 4.21. The van der Waals surface area contributed by atoms with E-state index in [0.29, 0.717) is 12.0 Å². The van der Waals surface area contributed by atoms with E-state index in [1.54, 1.807) is 0 Å². The smallest absolute Gasteiger partial charge is 0.0102 e. The highest BCUT2D eigenvalue weighted by molar-refractivity contribution is 4.91. The molecule has 0 aromatic carbocycles. The predicted molar refractivity (Wildman–Crippen MR) is 87.9 cm³/mol. The first-order valence-corrected chi connectivity index (χ1v) is 8.71. The van der Waals surface area contributed by atoms with Crippen molar-refractivity contribution in [2.24, 2.45) is 23.7 Å². The Morgan fingerprint density at radius 3 is 2.35 bits per heavy atom. The molecule has 5 atom stereocenters. The first-order valence-electron chi connectivity index (χ1n) is 8.71. The van der Waals surface area contributed by atoms with Crippen LogP contribution in [0, 0.1) is 23.7 Å². The molecule has 5 unspecified atom stereocenters. The summed E-state index contributed by atoms with van der Waals surface area (Å²) in [6, 6.07) is 0.670. The van der Waals surface area contributed by atoms with E-state index in [1.807, 2.05) is 0 Å². The van der Waals surface area contributed by atoms with E-state index in [-0.39, 0.29) is 5.54 Å². The number of hydrogen-bond donors (Lipinski definition) is 1. The molecule has 2 heteroatoms. The minimum Gasteiger partial charge on any atom is -0.312 e. The Kier molecular flexibility index (Phi) is 5.18. The average molecular weight is 280 g/mol. The van der Waals surface area contributed by atoms with Gasteiger partial charge in [0.1, 0.15) is 0 Å². The van der Waals surface area contributed by atoms with Crippen molar-refractivity contribution in [2.75, 3.05) is 20.1 Å². The van der Waals surface area contributed by atoms with E-state index < -0.39 is 0 Å². The lowest BCUT2D eigenvalue weighted by molar-refractivity contribution is 0.143. The largest absolute Gasteiger partial charge is 0.312 e. The van der Waals surface area contributed by atoms with Crippen molar-refractivity contribution in [3.05, 3.63) is 0 Å². The predicted octanol–water partition coefficient (Wildman–Crippen LogP) is 3.77. The number of nitrogens with one attached hydrogen (secondary N) is 1. The van der Waals surface area contributed by atoms with Crippen LogP contribution >= 0.6 is 0 Å². The molecule has 2 rings (SSSR count). The lowest BCUT2D eigenvalue weighted by Crippen LogP contribution is -2.45. The Bertz CT molecular complexity index is 307. The molecular formula is C18H36N2. The van der Waals surface area contributed by atoms with Gasteiger partial charge in [-0.15, -0.1) is 0 Å². The van der Waals surface area contributed by atoms with Crippen LogP contribution in [-0.2, 0) is 0 Å². The first-order chi connectivity index (χ1) is 9.26. The lowest BCUT2D eigenvalue weighted by Gasteiger charge is -2.35. The number of rotatable bonds is 6. The van der Waals surface area contributed by atoms with Gasteiger partial charge in [-0.05, 0) is 84.2 Å². The van der Waals surface area contributed by atoms with Crippen LogP contribution in [0.25, 0.3) is 0 Å². The van der Waals surface area contributed by atoms with E-state index >= 15 is 0 Å². The minimum absolute atomic E-state index is 0.233. The molecule has 0 heterocycles. The monoisotopic (exact) mass is 280 g/mol. The Labute approximate surface area is 126 Å². The van der Waals surface area contributed by atoms with Gasteiger partial charge in [0.25, 0.3) is 0 Å². The molecule has 0 amide bonds. The van der Waals surface area contributed by atoms with E-state index in [2.05, 4.69) is 51.9 Å². The molecule has 0 radical (unpaired) electrons. The van der Waals surface area contributed by atoms with Crippen LogP contribution < -0.4 is 5.32 Å². The van der Waals surface area contributed by atoms with Gasteiger partial charge in [-0.2, -0.15) is 0 Å². The van der Waals surface area contributed by atoms with Gasteiger partial charge in [-0.3, -0.25) is 0 Å². The van der Waals surface area contributed by atoms with Crippen molar-refractivity contribution >= 4 is 0 Å². The Morgan fingerprint density at radius 2 is 1.85 bits per heavy atom. The summed E-state index contributed by atoms with van der Waals surface area (Å²) in [4.78, 5) is 2.63. The van der Waals surface area contributed by atoms with E-state index in [4.69, 9.17) is 0 Å². The van der Waals surface area contributed by atoms with Crippen molar-refractivity contribution < 1.29 is 0 Å². The van der Waals surface area contributed by atoms with Crippen LogP contribution in [0.2, 0.25) is 0 Å². The molecule has 2 saturated carbocycles. The highest BCUT2D eigenvalue weighted by Gasteiger charge is 2.40. The highest BCUT2D eigenvalue weighted by Crippen LogP contribution is 2.48. The zero-order valence-corrected chi connectivity index (χ0v) is 14.6. The summed E-state index contributed by atoms with van der Waals surface area (Å²) >= 11 is 0. The van der Waals surface area contributed by atoms with Gasteiger partial charge in [-0.25, -0.2) is 0 Å². The summed E-state index contributed by atoms with van der Waals surface area (Å²) in [6.45, 7) is 14.0. The van der Waals surface area contributed by atoms with Gasteiger partial charge in [0.2, 0.25) is 0 Å². The number of fused-ring (bicyclic) bond motifs is 2. The molecule has 2 aliphatic rings. The molecular weight excluding hydrogens is 244 g/mol. The van der Waals surface area contributed by atoms with Crippen LogP contribution in [0.5, 0.6) is 0 Å². The third kappa shape index (κ3) is 4.21. The van der Waals surface area contributed by atoms with Crippen LogP contribution in [0.3, 0.4) is 0 Å². The fourth-order valence-electron chi connectivity index (χ4n) is 4.21. The normalized spacial score (nSPS) is 32.9. The molecule has 2 nitrogen and oxygen atoms in total. The summed E-state index contributed by atoms with van der Waals surface area (Å²) in [7, 11) is 2.34. The van der Waals surface area contributed by atoms with E-state index in [0.717, 1.165) is 24.3 Å². The summed E-state index contributed by atoms with van der Waals surface area (Å²) in [5.74, 6) is 3.83. The maximum Gasteiger partial charge on any atom is 0.0102 e. The third-order valence-electron chi connectivity index (χ3n) is 5.88. The van der Waals surface area contributed by atoms with Crippen molar-refractivity contribution in [1.82, 2.24) is 10.2 Å². The Hall–Kier alpha value is -0.0800. The summed E-state index contributed by atoms with van der Waals surface area (Å²) < 4.78 is 0. The topological polar surface area (TPSA) is 15.3 Å². The molecule has 0 aromatic rings. The van der Waals surface area contributed by atoms with E-state index in [1.165, 1.54) is 32.2 Å². The molecule has 118 valence electrons. The van der Waals surface area contributed by atoms with Gasteiger partial charge in [0.05, 0.1) is 0 Å². The van der Waals surface area contributed by atoms with Crippen molar-refractivity contribution in [3.63, 3.8) is 0 Å². The zero-order valence-electron chi connectivity index (χ0n) is 14.6. The zero-order chi connectivity index (χ0) is 14.9. The van der Waals surface area contributed by atoms with Gasteiger partial charge in [0.15, 0.2) is 0 Å². The standard InChI is InChI=1S/C18H36N2/c1-13(11-19-18(3,4)5)14(2)20(6)12-17-10-15-7-8-16(17)9-15/h13-17,19H,7-12H2,1-6H3. The second-order valence-electron chi connectivity index (χ2n) is 8.72. The third-order valence-corrected chi connectivity index (χ3v) is 5.88. The SMILES string of the molecule is CC(CNC(C)(C)C)C(C)N(C)CC1CC2CCC1C2. The molecule has 2 fully saturated rings. The summed E-state index contributed by atoms with van der Waals surface area (Å²) in [5.41, 5.74) is 0.233. The molecule has 0 aromatic heterocycles. The van der Waals surface area contributed by atoms with Crippen molar-refractivity contribution in [2.45, 2.75) is 71.9 Å². The van der Waals surface area contributed by atoms with Crippen LogP contribution in [0.15, 0.2) is 0 Å². The number of nitrogens with zero attached hydrogens (tertiary/aromatic N) is 1. The highest BCUT2D eigenvalue weighted by atomic mass is 15.1. The van der Waals surface area contributed by atoms with Crippen LogP contribution in [-0.4, -0.2) is 36.6 Å². The molecule has 0 aliphatic heterocycles. The minimum atomic E-state index is 0.233.